The number of carbonyl (C=O) groups excluding carboxylic acids is 2. The first-order valence-corrected chi connectivity index (χ1v) is 8.22. The summed E-state index contributed by atoms with van der Waals surface area (Å²) < 4.78 is 5.41. The lowest BCUT2D eigenvalue weighted by molar-refractivity contribution is -0.145. The van der Waals surface area contributed by atoms with Gasteiger partial charge in [0.05, 0.1) is 12.8 Å². The summed E-state index contributed by atoms with van der Waals surface area (Å²) >= 11 is 0. The highest BCUT2D eigenvalue weighted by molar-refractivity contribution is 5.86. The average molecular weight is 326 g/mol. The van der Waals surface area contributed by atoms with E-state index in [-0.39, 0.29) is 17.7 Å². The van der Waals surface area contributed by atoms with Crippen LogP contribution in [0, 0.1) is 5.92 Å². The molecule has 1 aromatic heterocycles. The summed E-state index contributed by atoms with van der Waals surface area (Å²) in [5.41, 5.74) is 1.07. The zero-order valence-electron chi connectivity index (χ0n) is 13.9. The molecule has 24 heavy (non-hydrogen) atoms. The van der Waals surface area contributed by atoms with Gasteiger partial charge >= 0.3 is 0 Å². The van der Waals surface area contributed by atoms with Crippen molar-refractivity contribution < 1.29 is 14.0 Å². The van der Waals surface area contributed by atoms with Crippen LogP contribution in [0.1, 0.15) is 24.2 Å². The third kappa shape index (κ3) is 3.85. The molecule has 1 fully saturated rings. The van der Waals surface area contributed by atoms with Crippen molar-refractivity contribution in [1.29, 1.82) is 0 Å². The number of likely N-dealkylation sites (tertiary alicyclic amines) is 1. The van der Waals surface area contributed by atoms with Crippen molar-refractivity contribution in [2.24, 2.45) is 5.92 Å². The minimum absolute atomic E-state index is 0.0247. The average Bonchev–Trinajstić information content (AvgIpc) is 3.10. The normalized spacial score (nSPS) is 17.8. The van der Waals surface area contributed by atoms with Crippen LogP contribution in [-0.2, 0) is 22.7 Å². The van der Waals surface area contributed by atoms with Crippen LogP contribution in [-0.4, -0.2) is 35.2 Å². The number of nitrogens with zero attached hydrogens (tertiary/aromatic N) is 2. The van der Waals surface area contributed by atoms with Crippen molar-refractivity contribution in [3.63, 3.8) is 0 Å². The minimum Gasteiger partial charge on any atom is -0.467 e. The second kappa shape index (κ2) is 7.34. The second-order valence-electron chi connectivity index (χ2n) is 6.26. The molecule has 2 aromatic rings. The van der Waals surface area contributed by atoms with E-state index in [2.05, 4.69) is 0 Å². The molecular weight excluding hydrogens is 304 g/mol. The standard InChI is InChI=1S/C19H22N2O3/c1-20-10-9-16(12-18(20)22)19(23)21(14-17-8-5-11-24-17)13-15-6-3-2-4-7-15/h2-8,11,16H,9-10,12-14H2,1H3/t16-/m0/s1. The van der Waals surface area contributed by atoms with E-state index < -0.39 is 0 Å². The van der Waals surface area contributed by atoms with Crippen molar-refractivity contribution in [3.8, 4) is 0 Å². The molecule has 0 aliphatic carbocycles. The van der Waals surface area contributed by atoms with Gasteiger partial charge in [0.15, 0.2) is 0 Å². The van der Waals surface area contributed by atoms with Gasteiger partial charge in [0.25, 0.3) is 0 Å². The molecule has 126 valence electrons. The van der Waals surface area contributed by atoms with Crippen LogP contribution in [0.25, 0.3) is 0 Å². The van der Waals surface area contributed by atoms with Crippen molar-refractivity contribution in [3.05, 3.63) is 60.1 Å². The number of benzene rings is 1. The van der Waals surface area contributed by atoms with Gasteiger partial charge in [-0.15, -0.1) is 0 Å². The molecule has 5 nitrogen and oxygen atoms in total. The molecule has 1 aliphatic heterocycles. The largest absolute Gasteiger partial charge is 0.467 e. The summed E-state index contributed by atoms with van der Waals surface area (Å²) in [6.45, 7) is 1.57. The Bertz CT molecular complexity index is 682. The summed E-state index contributed by atoms with van der Waals surface area (Å²) in [5, 5.41) is 0. The number of furan rings is 1. The van der Waals surface area contributed by atoms with Crippen molar-refractivity contribution >= 4 is 11.8 Å². The molecule has 2 heterocycles. The Kier molecular flexibility index (Phi) is 4.99. The maximum absolute atomic E-state index is 13.0. The molecule has 0 bridgehead atoms. The molecule has 2 amide bonds. The fourth-order valence-corrected chi connectivity index (χ4v) is 3.02. The number of hydrogen-bond donors (Lipinski definition) is 0. The van der Waals surface area contributed by atoms with Crippen LogP contribution in [0.3, 0.4) is 0 Å². The van der Waals surface area contributed by atoms with Crippen LogP contribution < -0.4 is 0 Å². The monoisotopic (exact) mass is 326 g/mol. The SMILES string of the molecule is CN1CC[C@H](C(=O)N(Cc2ccccc2)Cc2ccco2)CC1=O. The van der Waals surface area contributed by atoms with Gasteiger partial charge in [0, 0.05) is 32.5 Å². The van der Waals surface area contributed by atoms with Gasteiger partial charge in [-0.25, -0.2) is 0 Å². The topological polar surface area (TPSA) is 53.8 Å². The summed E-state index contributed by atoms with van der Waals surface area (Å²) in [5.74, 6) is 0.569. The van der Waals surface area contributed by atoms with Gasteiger partial charge in [0.2, 0.25) is 11.8 Å². The molecule has 0 radical (unpaired) electrons. The Labute approximate surface area is 141 Å². The van der Waals surface area contributed by atoms with Crippen molar-refractivity contribution in [1.82, 2.24) is 9.80 Å². The number of hydrogen-bond acceptors (Lipinski definition) is 3. The third-order valence-corrected chi connectivity index (χ3v) is 4.46. The predicted octanol–water partition coefficient (Wildman–Crippen LogP) is 2.68. The van der Waals surface area contributed by atoms with Crippen LogP contribution in [0.15, 0.2) is 53.1 Å². The smallest absolute Gasteiger partial charge is 0.226 e. The second-order valence-corrected chi connectivity index (χ2v) is 6.26. The maximum Gasteiger partial charge on any atom is 0.226 e. The van der Waals surface area contributed by atoms with Gasteiger partial charge in [-0.05, 0) is 24.1 Å². The number of rotatable bonds is 5. The first-order valence-electron chi connectivity index (χ1n) is 8.22. The molecule has 0 unspecified atom stereocenters. The van der Waals surface area contributed by atoms with E-state index >= 15 is 0 Å². The number of piperidine rings is 1. The highest BCUT2D eigenvalue weighted by Crippen LogP contribution is 2.22. The zero-order valence-corrected chi connectivity index (χ0v) is 13.9. The lowest BCUT2D eigenvalue weighted by atomic mass is 9.94. The molecule has 0 spiro atoms. The predicted molar refractivity (Wildman–Crippen MR) is 89.8 cm³/mol. The Balaban J connectivity index is 1.75. The molecule has 1 aliphatic rings. The Morgan fingerprint density at radius 1 is 1.21 bits per heavy atom. The van der Waals surface area contributed by atoms with Gasteiger partial charge in [-0.2, -0.15) is 0 Å². The van der Waals surface area contributed by atoms with Gasteiger partial charge in [-0.3, -0.25) is 9.59 Å². The fraction of sp³-hybridized carbons (Fsp3) is 0.368. The van der Waals surface area contributed by atoms with E-state index in [9.17, 15) is 9.59 Å². The highest BCUT2D eigenvalue weighted by atomic mass is 16.3. The van der Waals surface area contributed by atoms with Crippen LogP contribution >= 0.6 is 0 Å². The van der Waals surface area contributed by atoms with Crippen LogP contribution in [0.5, 0.6) is 0 Å². The van der Waals surface area contributed by atoms with E-state index in [4.69, 9.17) is 4.42 Å². The molecule has 1 aromatic carbocycles. The Hall–Kier alpha value is -2.56. The lowest BCUT2D eigenvalue weighted by Crippen LogP contribution is -2.43. The molecular formula is C19H22N2O3. The lowest BCUT2D eigenvalue weighted by Gasteiger charge is -2.32. The van der Waals surface area contributed by atoms with E-state index in [1.54, 1.807) is 23.1 Å². The minimum atomic E-state index is -0.243. The fourth-order valence-electron chi connectivity index (χ4n) is 3.02. The van der Waals surface area contributed by atoms with Crippen molar-refractivity contribution in [2.45, 2.75) is 25.9 Å². The quantitative estimate of drug-likeness (QED) is 0.849. The van der Waals surface area contributed by atoms with Crippen molar-refractivity contribution in [2.75, 3.05) is 13.6 Å². The first kappa shape index (κ1) is 16.3. The molecule has 1 saturated heterocycles. The summed E-state index contributed by atoms with van der Waals surface area (Å²) in [6, 6.07) is 13.6. The summed E-state index contributed by atoms with van der Waals surface area (Å²) in [4.78, 5) is 28.4. The number of amides is 2. The van der Waals surface area contributed by atoms with Crippen LogP contribution in [0.4, 0.5) is 0 Å². The molecule has 3 rings (SSSR count). The number of carbonyl (C=O) groups is 2. The molecule has 0 N–H and O–H groups in total. The van der Waals surface area contributed by atoms with Gasteiger partial charge in [-0.1, -0.05) is 30.3 Å². The van der Waals surface area contributed by atoms with E-state index in [1.165, 1.54) is 0 Å². The Morgan fingerprint density at radius 3 is 2.67 bits per heavy atom. The van der Waals surface area contributed by atoms with E-state index in [0.29, 0.717) is 32.5 Å². The molecule has 0 saturated carbocycles. The maximum atomic E-state index is 13.0. The highest BCUT2D eigenvalue weighted by Gasteiger charge is 2.31. The summed E-state index contributed by atoms with van der Waals surface area (Å²) in [6.07, 6.45) is 2.61. The van der Waals surface area contributed by atoms with E-state index in [1.807, 2.05) is 42.5 Å². The molecule has 5 heteroatoms. The third-order valence-electron chi connectivity index (χ3n) is 4.46. The Morgan fingerprint density at radius 2 is 2.00 bits per heavy atom. The summed E-state index contributed by atoms with van der Waals surface area (Å²) in [7, 11) is 1.79. The van der Waals surface area contributed by atoms with Crippen LogP contribution in [0.2, 0.25) is 0 Å². The van der Waals surface area contributed by atoms with Gasteiger partial charge < -0.3 is 14.2 Å². The first-order chi connectivity index (χ1) is 11.6. The van der Waals surface area contributed by atoms with E-state index in [0.717, 1.165) is 11.3 Å². The van der Waals surface area contributed by atoms with Gasteiger partial charge in [0.1, 0.15) is 5.76 Å². The molecule has 1 atom stereocenters. The zero-order chi connectivity index (χ0) is 16.9.